The molecule has 2 aliphatic heterocycles. The lowest BCUT2D eigenvalue weighted by Gasteiger charge is -2.34. The van der Waals surface area contributed by atoms with Gasteiger partial charge < -0.3 is 14.6 Å². The Bertz CT molecular complexity index is 764. The number of nitrogens with zero attached hydrogens (tertiary/aromatic N) is 1. The minimum atomic E-state index is -0.778. The van der Waals surface area contributed by atoms with Crippen LogP contribution in [0.2, 0.25) is 0 Å². The second-order valence-electron chi connectivity index (χ2n) is 5.92. The van der Waals surface area contributed by atoms with Crippen LogP contribution in [0.5, 0.6) is 11.5 Å². The molecule has 0 aliphatic carbocycles. The van der Waals surface area contributed by atoms with E-state index in [9.17, 15) is 9.90 Å². The molecule has 5 nitrogen and oxygen atoms in total. The number of rotatable bonds is 3. The zero-order valence-electron chi connectivity index (χ0n) is 13.0. The fourth-order valence-corrected chi connectivity index (χ4v) is 3.26. The van der Waals surface area contributed by atoms with E-state index in [1.54, 1.807) is 0 Å². The molecule has 2 heterocycles. The molecule has 4 rings (SSSR count). The fraction of sp³-hybridized carbons (Fsp3) is 0.278. The van der Waals surface area contributed by atoms with Gasteiger partial charge in [0.2, 0.25) is 6.79 Å². The van der Waals surface area contributed by atoms with Crippen LogP contribution in [-0.4, -0.2) is 28.8 Å². The van der Waals surface area contributed by atoms with Crippen molar-refractivity contribution in [2.75, 3.05) is 6.79 Å². The number of fused-ring (bicyclic) bond motifs is 2. The highest BCUT2D eigenvalue weighted by Gasteiger charge is 2.31. The van der Waals surface area contributed by atoms with E-state index < -0.39 is 12.0 Å². The quantitative estimate of drug-likeness (QED) is 0.925. The summed E-state index contributed by atoms with van der Waals surface area (Å²) in [7, 11) is 0. The molecular formula is C18H18ClNO4. The maximum absolute atomic E-state index is 11.7. The zero-order valence-corrected chi connectivity index (χ0v) is 13.8. The highest BCUT2D eigenvalue weighted by Crippen LogP contribution is 2.33. The molecule has 1 N–H and O–H groups in total. The van der Waals surface area contributed by atoms with Crippen molar-refractivity contribution in [3.8, 4) is 11.5 Å². The minimum absolute atomic E-state index is 0. The Hall–Kier alpha value is -2.24. The minimum Gasteiger partial charge on any atom is -0.480 e. The van der Waals surface area contributed by atoms with Gasteiger partial charge in [-0.15, -0.1) is 12.4 Å². The van der Waals surface area contributed by atoms with Crippen LogP contribution in [0.1, 0.15) is 16.7 Å². The first-order chi connectivity index (χ1) is 11.2. The molecule has 0 radical (unpaired) electrons. The Morgan fingerprint density at radius 2 is 1.88 bits per heavy atom. The molecule has 0 fully saturated rings. The monoisotopic (exact) mass is 347 g/mol. The third kappa shape index (κ3) is 3.05. The van der Waals surface area contributed by atoms with Gasteiger partial charge >= 0.3 is 5.97 Å². The summed E-state index contributed by atoms with van der Waals surface area (Å²) >= 11 is 0. The summed E-state index contributed by atoms with van der Waals surface area (Å²) in [6.45, 7) is 1.46. The predicted octanol–water partition coefficient (Wildman–Crippen LogP) is 2.85. The maximum atomic E-state index is 11.7. The van der Waals surface area contributed by atoms with Crippen LogP contribution >= 0.6 is 12.4 Å². The average molecular weight is 348 g/mol. The molecule has 126 valence electrons. The van der Waals surface area contributed by atoms with Crippen molar-refractivity contribution in [3.05, 3.63) is 59.2 Å². The van der Waals surface area contributed by atoms with Crippen LogP contribution in [0.15, 0.2) is 42.5 Å². The van der Waals surface area contributed by atoms with Crippen molar-refractivity contribution in [1.29, 1.82) is 0 Å². The number of halogens is 1. The molecule has 0 saturated carbocycles. The molecule has 2 aliphatic rings. The number of hydrogen-bond donors (Lipinski definition) is 1. The summed E-state index contributed by atoms with van der Waals surface area (Å²) in [4.78, 5) is 13.7. The van der Waals surface area contributed by atoms with E-state index in [2.05, 4.69) is 6.07 Å². The molecule has 0 bridgehead atoms. The normalized spacial score (nSPS) is 18.6. The Balaban J connectivity index is 0.00000169. The van der Waals surface area contributed by atoms with Crippen LogP contribution in [-0.2, 0) is 24.3 Å². The number of carboxylic acid groups (broad SMARTS) is 1. The van der Waals surface area contributed by atoms with Gasteiger partial charge in [0.05, 0.1) is 0 Å². The summed E-state index contributed by atoms with van der Waals surface area (Å²) < 4.78 is 10.7. The lowest BCUT2D eigenvalue weighted by atomic mass is 9.93. The van der Waals surface area contributed by atoms with E-state index in [1.807, 2.05) is 41.3 Å². The van der Waals surface area contributed by atoms with E-state index in [-0.39, 0.29) is 19.2 Å². The number of ether oxygens (including phenoxy) is 2. The van der Waals surface area contributed by atoms with Crippen molar-refractivity contribution in [2.24, 2.45) is 0 Å². The summed E-state index contributed by atoms with van der Waals surface area (Å²) in [6.07, 6.45) is 0.538. The Kier molecular flexibility index (Phi) is 4.64. The summed E-state index contributed by atoms with van der Waals surface area (Å²) in [5, 5.41) is 9.58. The van der Waals surface area contributed by atoms with Crippen molar-refractivity contribution < 1.29 is 19.4 Å². The first-order valence-electron chi connectivity index (χ1n) is 7.63. The van der Waals surface area contributed by atoms with Gasteiger partial charge in [-0.25, -0.2) is 0 Å². The summed E-state index contributed by atoms with van der Waals surface area (Å²) in [6, 6.07) is 13.3. The molecule has 0 aromatic heterocycles. The topological polar surface area (TPSA) is 59.0 Å². The summed E-state index contributed by atoms with van der Waals surface area (Å²) in [5.74, 6) is 0.694. The van der Waals surface area contributed by atoms with Crippen LogP contribution in [0.25, 0.3) is 0 Å². The smallest absolute Gasteiger partial charge is 0.321 e. The molecule has 6 heteroatoms. The largest absolute Gasteiger partial charge is 0.480 e. The molecule has 2 aromatic rings. The third-order valence-corrected chi connectivity index (χ3v) is 4.45. The number of aliphatic carboxylic acids is 1. The van der Waals surface area contributed by atoms with Gasteiger partial charge in [0.1, 0.15) is 6.04 Å². The van der Waals surface area contributed by atoms with Gasteiger partial charge in [-0.3, -0.25) is 9.69 Å². The van der Waals surface area contributed by atoms with E-state index in [1.165, 1.54) is 5.56 Å². The van der Waals surface area contributed by atoms with Crippen LogP contribution in [0.3, 0.4) is 0 Å². The van der Waals surface area contributed by atoms with E-state index >= 15 is 0 Å². The number of benzene rings is 2. The molecule has 0 spiro atoms. The van der Waals surface area contributed by atoms with Crippen molar-refractivity contribution in [3.63, 3.8) is 0 Å². The first-order valence-corrected chi connectivity index (χ1v) is 7.63. The highest BCUT2D eigenvalue weighted by molar-refractivity contribution is 5.85. The van der Waals surface area contributed by atoms with Crippen LogP contribution in [0.4, 0.5) is 0 Å². The molecule has 0 saturated heterocycles. The van der Waals surface area contributed by atoms with Gasteiger partial charge in [-0.1, -0.05) is 30.3 Å². The predicted molar refractivity (Wildman–Crippen MR) is 90.6 cm³/mol. The van der Waals surface area contributed by atoms with Gasteiger partial charge in [-0.2, -0.15) is 0 Å². The number of hydrogen-bond acceptors (Lipinski definition) is 4. The van der Waals surface area contributed by atoms with Crippen molar-refractivity contribution in [2.45, 2.75) is 25.6 Å². The number of carboxylic acids is 1. The summed E-state index contributed by atoms with van der Waals surface area (Å²) in [5.41, 5.74) is 3.35. The zero-order chi connectivity index (χ0) is 15.8. The van der Waals surface area contributed by atoms with Crippen LogP contribution in [0, 0.1) is 0 Å². The first kappa shape index (κ1) is 16.6. The van der Waals surface area contributed by atoms with E-state index in [4.69, 9.17) is 9.47 Å². The van der Waals surface area contributed by atoms with Gasteiger partial charge in [0.15, 0.2) is 11.5 Å². The van der Waals surface area contributed by atoms with Gasteiger partial charge in [0, 0.05) is 13.1 Å². The average Bonchev–Trinajstić information content (AvgIpc) is 3.01. The SMILES string of the molecule is Cl.O=C(O)C1Cc2ccccc2CN1Cc1ccc2c(c1)OCO2. The maximum Gasteiger partial charge on any atom is 0.321 e. The van der Waals surface area contributed by atoms with E-state index in [0.29, 0.717) is 19.5 Å². The van der Waals surface area contributed by atoms with E-state index in [0.717, 1.165) is 22.6 Å². The highest BCUT2D eigenvalue weighted by atomic mass is 35.5. The number of carbonyl (C=O) groups is 1. The standard InChI is InChI=1S/C18H17NO4.ClH/c20-18(21)15-8-13-3-1-2-4-14(13)10-19(15)9-12-5-6-16-17(7-12)23-11-22-16;/h1-7,15H,8-11H2,(H,20,21);1H. The molecule has 1 atom stereocenters. The van der Waals surface area contributed by atoms with Crippen molar-refractivity contribution in [1.82, 2.24) is 4.90 Å². The van der Waals surface area contributed by atoms with Gasteiger partial charge in [-0.05, 0) is 35.2 Å². The second kappa shape index (κ2) is 6.71. The second-order valence-corrected chi connectivity index (χ2v) is 5.92. The Morgan fingerprint density at radius 1 is 1.12 bits per heavy atom. The lowest BCUT2D eigenvalue weighted by Crippen LogP contribution is -2.44. The molecule has 2 aromatic carbocycles. The molecule has 0 amide bonds. The molecule has 1 unspecified atom stereocenters. The third-order valence-electron chi connectivity index (χ3n) is 4.45. The van der Waals surface area contributed by atoms with Crippen molar-refractivity contribution >= 4 is 18.4 Å². The van der Waals surface area contributed by atoms with Gasteiger partial charge in [0.25, 0.3) is 0 Å². The fourth-order valence-electron chi connectivity index (χ4n) is 3.26. The molecule has 24 heavy (non-hydrogen) atoms. The lowest BCUT2D eigenvalue weighted by molar-refractivity contribution is -0.144. The Morgan fingerprint density at radius 3 is 2.67 bits per heavy atom. The Labute approximate surface area is 146 Å². The molecular weight excluding hydrogens is 330 g/mol. The van der Waals surface area contributed by atoms with Crippen LogP contribution < -0.4 is 9.47 Å².